The van der Waals surface area contributed by atoms with Crippen LogP contribution in [0.2, 0.25) is 0 Å². The molecule has 1 atom stereocenters. The number of methoxy groups -OCH3 is 2. The van der Waals surface area contributed by atoms with E-state index in [-0.39, 0.29) is 11.1 Å². The van der Waals surface area contributed by atoms with Gasteiger partial charge in [0.2, 0.25) is 0 Å². The smallest absolute Gasteiger partial charge is 0.354 e. The second-order valence-electron chi connectivity index (χ2n) is 7.34. The standard InChI is InChI=1S/C24H24F3NO3/c1-14-9-10-16-7-5-6-8-18(16)21(14)20-13-17(24(25,26)27)11-12-19(20)22(29)28-15(2)23(30-3)31-4/h5-13,15,23H,1-4H3,(H,28,29). The molecule has 0 radical (unpaired) electrons. The number of halogens is 3. The molecule has 31 heavy (non-hydrogen) atoms. The quantitative estimate of drug-likeness (QED) is 0.519. The number of carbonyl (C=O) groups is 1. The molecule has 3 aromatic carbocycles. The predicted molar refractivity (Wildman–Crippen MR) is 114 cm³/mol. The van der Waals surface area contributed by atoms with Crippen LogP contribution in [0.1, 0.15) is 28.4 Å². The Bertz CT molecular complexity index is 1090. The fraction of sp³-hybridized carbons (Fsp3) is 0.292. The third-order valence-electron chi connectivity index (χ3n) is 5.23. The number of hydrogen-bond acceptors (Lipinski definition) is 3. The van der Waals surface area contributed by atoms with Crippen molar-refractivity contribution < 1.29 is 27.4 Å². The number of amides is 1. The Hall–Kier alpha value is -2.90. The minimum atomic E-state index is -4.53. The zero-order chi connectivity index (χ0) is 22.8. The summed E-state index contributed by atoms with van der Waals surface area (Å²) in [6.07, 6.45) is -5.23. The van der Waals surface area contributed by atoms with E-state index in [2.05, 4.69) is 5.32 Å². The van der Waals surface area contributed by atoms with Gasteiger partial charge >= 0.3 is 6.18 Å². The zero-order valence-corrected chi connectivity index (χ0v) is 17.7. The van der Waals surface area contributed by atoms with Gasteiger partial charge in [-0.2, -0.15) is 13.2 Å². The van der Waals surface area contributed by atoms with Crippen molar-refractivity contribution in [2.24, 2.45) is 0 Å². The number of nitrogens with one attached hydrogen (secondary N) is 1. The van der Waals surface area contributed by atoms with Gasteiger partial charge in [0, 0.05) is 19.8 Å². The fourth-order valence-electron chi connectivity index (χ4n) is 3.72. The normalized spacial score (nSPS) is 12.9. The topological polar surface area (TPSA) is 47.6 Å². The lowest BCUT2D eigenvalue weighted by molar-refractivity contribution is -0.137. The Kier molecular flexibility index (Phi) is 6.67. The van der Waals surface area contributed by atoms with Gasteiger partial charge in [0.25, 0.3) is 5.91 Å². The zero-order valence-electron chi connectivity index (χ0n) is 17.7. The summed E-state index contributed by atoms with van der Waals surface area (Å²) in [6, 6.07) is 13.8. The van der Waals surface area contributed by atoms with Crippen LogP contribution in [0, 0.1) is 6.92 Å². The van der Waals surface area contributed by atoms with Crippen LogP contribution in [0.4, 0.5) is 13.2 Å². The van der Waals surface area contributed by atoms with Crippen molar-refractivity contribution in [2.75, 3.05) is 14.2 Å². The van der Waals surface area contributed by atoms with E-state index >= 15 is 0 Å². The first-order valence-electron chi connectivity index (χ1n) is 9.73. The summed E-state index contributed by atoms with van der Waals surface area (Å²) in [5.74, 6) is -0.511. The third-order valence-corrected chi connectivity index (χ3v) is 5.23. The van der Waals surface area contributed by atoms with Gasteiger partial charge in [0.1, 0.15) is 0 Å². The maximum atomic E-state index is 13.5. The number of aryl methyl sites for hydroxylation is 1. The van der Waals surface area contributed by atoms with Crippen molar-refractivity contribution in [3.8, 4) is 11.1 Å². The van der Waals surface area contributed by atoms with Gasteiger partial charge in [-0.3, -0.25) is 4.79 Å². The van der Waals surface area contributed by atoms with Gasteiger partial charge in [0.05, 0.1) is 11.6 Å². The molecule has 164 valence electrons. The predicted octanol–water partition coefficient (Wildman–Crippen LogP) is 5.57. The Morgan fingerprint density at radius 2 is 1.68 bits per heavy atom. The highest BCUT2D eigenvalue weighted by Gasteiger charge is 2.32. The number of carbonyl (C=O) groups excluding carboxylic acids is 1. The summed E-state index contributed by atoms with van der Waals surface area (Å²) in [5.41, 5.74) is 0.917. The Morgan fingerprint density at radius 3 is 2.32 bits per heavy atom. The third kappa shape index (κ3) is 4.73. The molecule has 0 saturated heterocycles. The molecule has 0 aromatic heterocycles. The SMILES string of the molecule is COC(OC)C(C)NC(=O)c1ccc(C(F)(F)F)cc1-c1c(C)ccc2ccccc12. The highest BCUT2D eigenvalue weighted by molar-refractivity contribution is 6.07. The van der Waals surface area contributed by atoms with Crippen molar-refractivity contribution in [2.45, 2.75) is 32.4 Å². The lowest BCUT2D eigenvalue weighted by Gasteiger charge is -2.23. The summed E-state index contributed by atoms with van der Waals surface area (Å²) < 4.78 is 50.8. The monoisotopic (exact) mass is 431 g/mol. The molecule has 0 heterocycles. The van der Waals surface area contributed by atoms with Crippen molar-refractivity contribution in [3.63, 3.8) is 0 Å². The van der Waals surface area contributed by atoms with Crippen molar-refractivity contribution in [3.05, 3.63) is 71.3 Å². The van der Waals surface area contributed by atoms with E-state index < -0.39 is 30.0 Å². The molecular weight excluding hydrogens is 407 g/mol. The highest BCUT2D eigenvalue weighted by Crippen LogP contribution is 2.38. The van der Waals surface area contributed by atoms with E-state index in [1.54, 1.807) is 6.92 Å². The minimum Gasteiger partial charge on any atom is -0.354 e. The van der Waals surface area contributed by atoms with E-state index in [0.717, 1.165) is 28.5 Å². The molecule has 1 amide bonds. The molecule has 4 nitrogen and oxygen atoms in total. The van der Waals surface area contributed by atoms with E-state index in [0.29, 0.717) is 5.56 Å². The van der Waals surface area contributed by atoms with Crippen LogP contribution in [-0.2, 0) is 15.7 Å². The Balaban J connectivity index is 2.19. The van der Waals surface area contributed by atoms with Gasteiger partial charge in [-0.15, -0.1) is 0 Å². The average Bonchev–Trinajstić information content (AvgIpc) is 2.73. The van der Waals surface area contributed by atoms with E-state index in [9.17, 15) is 18.0 Å². The molecule has 0 aliphatic heterocycles. The van der Waals surface area contributed by atoms with Crippen LogP contribution in [0.25, 0.3) is 21.9 Å². The number of alkyl halides is 3. The lowest BCUT2D eigenvalue weighted by Crippen LogP contribution is -2.43. The maximum Gasteiger partial charge on any atom is 0.416 e. The van der Waals surface area contributed by atoms with Crippen molar-refractivity contribution in [1.29, 1.82) is 0 Å². The number of rotatable bonds is 6. The van der Waals surface area contributed by atoms with E-state index in [1.807, 2.05) is 43.3 Å². The largest absolute Gasteiger partial charge is 0.416 e. The first-order chi connectivity index (χ1) is 14.7. The first-order valence-corrected chi connectivity index (χ1v) is 9.73. The second-order valence-corrected chi connectivity index (χ2v) is 7.34. The molecule has 0 spiro atoms. The molecular formula is C24H24F3NO3. The molecule has 0 saturated carbocycles. The number of hydrogen-bond donors (Lipinski definition) is 1. The summed E-state index contributed by atoms with van der Waals surface area (Å²) in [5, 5.41) is 4.41. The van der Waals surface area contributed by atoms with Gasteiger partial charge in [0.15, 0.2) is 6.29 Å². The molecule has 0 aliphatic carbocycles. The maximum absolute atomic E-state index is 13.5. The average molecular weight is 431 g/mol. The molecule has 3 aromatic rings. The van der Waals surface area contributed by atoms with Crippen LogP contribution in [0.3, 0.4) is 0 Å². The van der Waals surface area contributed by atoms with Crippen LogP contribution >= 0.6 is 0 Å². The van der Waals surface area contributed by atoms with Crippen LogP contribution in [0.5, 0.6) is 0 Å². The summed E-state index contributed by atoms with van der Waals surface area (Å²) >= 11 is 0. The molecule has 3 rings (SSSR count). The van der Waals surface area contributed by atoms with Gasteiger partial charge in [-0.25, -0.2) is 0 Å². The highest BCUT2D eigenvalue weighted by atomic mass is 19.4. The van der Waals surface area contributed by atoms with Gasteiger partial charge in [-0.1, -0.05) is 36.4 Å². The summed E-state index contributed by atoms with van der Waals surface area (Å²) in [6.45, 7) is 3.51. The van der Waals surface area contributed by atoms with E-state index in [1.165, 1.54) is 20.3 Å². The summed E-state index contributed by atoms with van der Waals surface area (Å²) in [4.78, 5) is 13.1. The first kappa shape index (κ1) is 22.8. The van der Waals surface area contributed by atoms with Gasteiger partial charge in [-0.05, 0) is 59.5 Å². The molecule has 0 fully saturated rings. The van der Waals surface area contributed by atoms with Crippen molar-refractivity contribution >= 4 is 16.7 Å². The molecule has 0 aliphatic rings. The molecule has 1 unspecified atom stereocenters. The number of benzene rings is 3. The lowest BCUT2D eigenvalue weighted by atomic mass is 9.89. The van der Waals surface area contributed by atoms with Crippen molar-refractivity contribution in [1.82, 2.24) is 5.32 Å². The van der Waals surface area contributed by atoms with Gasteiger partial charge < -0.3 is 14.8 Å². The number of fused-ring (bicyclic) bond motifs is 1. The summed E-state index contributed by atoms with van der Waals surface area (Å²) in [7, 11) is 2.89. The molecule has 7 heteroatoms. The van der Waals surface area contributed by atoms with Crippen LogP contribution in [0.15, 0.2) is 54.6 Å². The van der Waals surface area contributed by atoms with E-state index in [4.69, 9.17) is 9.47 Å². The fourth-order valence-corrected chi connectivity index (χ4v) is 3.72. The Labute approximate surface area is 179 Å². The second kappa shape index (κ2) is 9.08. The van der Waals surface area contributed by atoms with Crippen LogP contribution < -0.4 is 5.32 Å². The van der Waals surface area contributed by atoms with Crippen LogP contribution in [-0.4, -0.2) is 32.5 Å². The number of ether oxygens (including phenoxy) is 2. The Morgan fingerprint density at radius 1 is 1.00 bits per heavy atom. The molecule has 1 N–H and O–H groups in total. The minimum absolute atomic E-state index is 0.144. The molecule has 0 bridgehead atoms.